The van der Waals surface area contributed by atoms with Crippen molar-refractivity contribution in [2.75, 3.05) is 13.2 Å². The van der Waals surface area contributed by atoms with E-state index in [0.717, 1.165) is 6.42 Å². The van der Waals surface area contributed by atoms with Gasteiger partial charge in [0, 0.05) is 5.56 Å². The van der Waals surface area contributed by atoms with Crippen LogP contribution >= 0.6 is 0 Å². The van der Waals surface area contributed by atoms with E-state index >= 15 is 0 Å². The summed E-state index contributed by atoms with van der Waals surface area (Å²) in [7, 11) is 0. The van der Waals surface area contributed by atoms with Gasteiger partial charge in [-0.1, -0.05) is 25.1 Å². The second-order valence-corrected chi connectivity index (χ2v) is 6.97. The Morgan fingerprint density at radius 2 is 1.64 bits per heavy atom. The van der Waals surface area contributed by atoms with Crippen molar-refractivity contribution in [3.05, 3.63) is 89.5 Å². The first kappa shape index (κ1) is 23.5. The number of esters is 1. The van der Waals surface area contributed by atoms with Gasteiger partial charge >= 0.3 is 5.97 Å². The van der Waals surface area contributed by atoms with Crippen LogP contribution in [0.4, 0.5) is 0 Å². The second kappa shape index (κ2) is 12.0. The highest BCUT2D eigenvalue weighted by atomic mass is 16.6. The van der Waals surface area contributed by atoms with Gasteiger partial charge in [0.1, 0.15) is 5.75 Å². The number of benzene rings is 3. The minimum atomic E-state index is -0.505. The zero-order valence-electron chi connectivity index (χ0n) is 18.6. The van der Waals surface area contributed by atoms with Gasteiger partial charge in [0.25, 0.3) is 5.91 Å². The lowest BCUT2D eigenvalue weighted by atomic mass is 10.2. The summed E-state index contributed by atoms with van der Waals surface area (Å²) in [5.41, 5.74) is 4.06. The van der Waals surface area contributed by atoms with E-state index in [0.29, 0.717) is 47.2 Å². The molecule has 0 heterocycles. The van der Waals surface area contributed by atoms with Crippen LogP contribution in [0.15, 0.2) is 77.9 Å². The minimum Gasteiger partial charge on any atom is -0.494 e. The van der Waals surface area contributed by atoms with Crippen molar-refractivity contribution >= 4 is 18.1 Å². The average Bonchev–Trinajstić information content (AvgIpc) is 2.85. The van der Waals surface area contributed by atoms with Gasteiger partial charge < -0.3 is 14.2 Å². The maximum absolute atomic E-state index is 12.6. The van der Waals surface area contributed by atoms with E-state index in [1.54, 1.807) is 66.7 Å². The summed E-state index contributed by atoms with van der Waals surface area (Å²) in [6.07, 6.45) is 2.40. The molecule has 3 aromatic rings. The quantitative estimate of drug-likeness (QED) is 0.208. The predicted molar refractivity (Wildman–Crippen MR) is 126 cm³/mol. The fourth-order valence-corrected chi connectivity index (χ4v) is 2.84. The number of hydrazone groups is 1. The van der Waals surface area contributed by atoms with Crippen LogP contribution in [0, 0.1) is 0 Å². The lowest BCUT2D eigenvalue weighted by Crippen LogP contribution is -2.17. The Labute approximate surface area is 193 Å². The second-order valence-electron chi connectivity index (χ2n) is 6.97. The summed E-state index contributed by atoms with van der Waals surface area (Å²) < 4.78 is 16.7. The molecule has 0 aromatic heterocycles. The highest BCUT2D eigenvalue weighted by Crippen LogP contribution is 2.29. The highest BCUT2D eigenvalue weighted by Gasteiger charge is 2.13. The third-order valence-electron chi connectivity index (χ3n) is 4.45. The smallest absolute Gasteiger partial charge is 0.343 e. The standard InChI is InChI=1S/C26H26N2O5/c1-3-16-32-22-13-11-21(12-14-22)26(30)33-23-15-10-19(17-24(23)31-4-2)18-27-28-25(29)20-8-6-5-7-9-20/h5-15,17-18H,3-4,16H2,1-2H3,(H,28,29)/b27-18-. The lowest BCUT2D eigenvalue weighted by molar-refractivity contribution is 0.0728. The van der Waals surface area contributed by atoms with Crippen molar-refractivity contribution in [3.63, 3.8) is 0 Å². The predicted octanol–water partition coefficient (Wildman–Crippen LogP) is 4.86. The highest BCUT2D eigenvalue weighted by molar-refractivity contribution is 5.95. The van der Waals surface area contributed by atoms with E-state index in [1.165, 1.54) is 6.21 Å². The number of amides is 1. The molecule has 0 bridgehead atoms. The van der Waals surface area contributed by atoms with Crippen LogP contribution in [-0.4, -0.2) is 31.3 Å². The average molecular weight is 447 g/mol. The number of hydrogen-bond donors (Lipinski definition) is 1. The number of rotatable bonds is 10. The molecule has 0 radical (unpaired) electrons. The molecule has 3 aromatic carbocycles. The fraction of sp³-hybridized carbons (Fsp3) is 0.192. The van der Waals surface area contributed by atoms with Crippen LogP contribution < -0.4 is 19.6 Å². The van der Waals surface area contributed by atoms with Gasteiger partial charge in [0.15, 0.2) is 11.5 Å². The zero-order chi connectivity index (χ0) is 23.5. The molecule has 0 saturated carbocycles. The van der Waals surface area contributed by atoms with E-state index in [9.17, 15) is 9.59 Å². The first-order chi connectivity index (χ1) is 16.1. The Morgan fingerprint density at radius 1 is 0.879 bits per heavy atom. The van der Waals surface area contributed by atoms with E-state index < -0.39 is 5.97 Å². The number of nitrogens with zero attached hydrogens (tertiary/aromatic N) is 1. The van der Waals surface area contributed by atoms with Crippen molar-refractivity contribution in [1.82, 2.24) is 5.43 Å². The Balaban J connectivity index is 1.66. The van der Waals surface area contributed by atoms with Crippen LogP contribution in [0.5, 0.6) is 17.2 Å². The lowest BCUT2D eigenvalue weighted by Gasteiger charge is -2.12. The Morgan fingerprint density at radius 3 is 2.33 bits per heavy atom. The molecule has 170 valence electrons. The minimum absolute atomic E-state index is 0.290. The summed E-state index contributed by atoms with van der Waals surface area (Å²) in [5, 5.41) is 3.99. The number of ether oxygens (including phenoxy) is 3. The van der Waals surface area contributed by atoms with Crippen molar-refractivity contribution in [1.29, 1.82) is 0 Å². The van der Waals surface area contributed by atoms with E-state index in [-0.39, 0.29) is 5.91 Å². The topological polar surface area (TPSA) is 86.2 Å². The third kappa shape index (κ3) is 6.93. The van der Waals surface area contributed by atoms with E-state index in [4.69, 9.17) is 14.2 Å². The third-order valence-corrected chi connectivity index (χ3v) is 4.45. The van der Waals surface area contributed by atoms with Crippen LogP contribution in [0.2, 0.25) is 0 Å². The van der Waals surface area contributed by atoms with Crippen LogP contribution in [0.1, 0.15) is 46.5 Å². The van der Waals surface area contributed by atoms with Gasteiger partial charge in [-0.2, -0.15) is 5.10 Å². The van der Waals surface area contributed by atoms with Gasteiger partial charge in [0.05, 0.1) is 25.0 Å². The zero-order valence-corrected chi connectivity index (χ0v) is 18.6. The van der Waals surface area contributed by atoms with Crippen LogP contribution in [-0.2, 0) is 0 Å². The molecular weight excluding hydrogens is 420 g/mol. The molecule has 0 unspecified atom stereocenters. The fourth-order valence-electron chi connectivity index (χ4n) is 2.84. The van der Waals surface area contributed by atoms with Crippen LogP contribution in [0.25, 0.3) is 0 Å². The monoisotopic (exact) mass is 446 g/mol. The van der Waals surface area contributed by atoms with Crippen molar-refractivity contribution in [3.8, 4) is 17.2 Å². The molecule has 33 heavy (non-hydrogen) atoms. The SMILES string of the molecule is CCCOc1ccc(C(=O)Oc2ccc(/C=N\NC(=O)c3ccccc3)cc2OCC)cc1. The van der Waals surface area contributed by atoms with Gasteiger partial charge in [-0.25, -0.2) is 10.2 Å². The number of carbonyl (C=O) groups is 2. The molecule has 0 aliphatic heterocycles. The van der Waals surface area contributed by atoms with Crippen LogP contribution in [0.3, 0.4) is 0 Å². The van der Waals surface area contributed by atoms with Gasteiger partial charge in [-0.15, -0.1) is 0 Å². The van der Waals surface area contributed by atoms with Crippen molar-refractivity contribution < 1.29 is 23.8 Å². The molecule has 0 aliphatic carbocycles. The normalized spacial score (nSPS) is 10.6. The molecule has 1 amide bonds. The summed E-state index contributed by atoms with van der Waals surface area (Å²) in [6, 6.07) is 20.6. The Hall–Kier alpha value is -4.13. The maximum atomic E-state index is 12.6. The summed E-state index contributed by atoms with van der Waals surface area (Å²) in [4.78, 5) is 24.6. The summed E-state index contributed by atoms with van der Waals surface area (Å²) >= 11 is 0. The molecule has 7 heteroatoms. The number of hydrogen-bond acceptors (Lipinski definition) is 6. The molecule has 7 nitrogen and oxygen atoms in total. The molecule has 0 atom stereocenters. The molecule has 0 aliphatic rings. The first-order valence-corrected chi connectivity index (χ1v) is 10.7. The number of carbonyl (C=O) groups excluding carboxylic acids is 2. The molecule has 0 fully saturated rings. The Bertz CT molecular complexity index is 1100. The van der Waals surface area contributed by atoms with E-state index in [1.807, 2.05) is 19.9 Å². The summed E-state index contributed by atoms with van der Waals surface area (Å²) in [5.74, 6) is 0.570. The van der Waals surface area contributed by atoms with E-state index in [2.05, 4.69) is 10.5 Å². The van der Waals surface area contributed by atoms with Gasteiger partial charge in [-0.3, -0.25) is 4.79 Å². The molecule has 0 saturated heterocycles. The molecule has 1 N–H and O–H groups in total. The van der Waals surface area contributed by atoms with Gasteiger partial charge in [-0.05, 0) is 73.5 Å². The Kier molecular flexibility index (Phi) is 8.59. The molecule has 3 rings (SSSR count). The van der Waals surface area contributed by atoms with Crippen molar-refractivity contribution in [2.24, 2.45) is 5.10 Å². The van der Waals surface area contributed by atoms with Gasteiger partial charge in [0.2, 0.25) is 0 Å². The number of nitrogens with one attached hydrogen (secondary N) is 1. The van der Waals surface area contributed by atoms with Crippen molar-refractivity contribution in [2.45, 2.75) is 20.3 Å². The largest absolute Gasteiger partial charge is 0.494 e. The summed E-state index contributed by atoms with van der Waals surface area (Å²) in [6.45, 7) is 4.87. The maximum Gasteiger partial charge on any atom is 0.343 e. The molecular formula is C26H26N2O5. The first-order valence-electron chi connectivity index (χ1n) is 10.7. The molecule has 0 spiro atoms.